The van der Waals surface area contributed by atoms with Gasteiger partial charge in [0.15, 0.2) is 9.84 Å². The van der Waals surface area contributed by atoms with E-state index in [1.54, 1.807) is 18.3 Å². The maximum atomic E-state index is 11.8. The number of hydrogen-bond donors (Lipinski definition) is 2. The second-order valence-electron chi connectivity index (χ2n) is 5.08. The molecule has 0 spiro atoms. The summed E-state index contributed by atoms with van der Waals surface area (Å²) < 4.78 is 23.6. The van der Waals surface area contributed by atoms with Crippen molar-refractivity contribution in [3.05, 3.63) is 30.5 Å². The lowest BCUT2D eigenvalue weighted by Gasteiger charge is -2.13. The van der Waals surface area contributed by atoms with E-state index in [1.165, 1.54) is 0 Å². The van der Waals surface area contributed by atoms with Crippen LogP contribution < -0.4 is 5.32 Å². The van der Waals surface area contributed by atoms with Crippen LogP contribution in [0.1, 0.15) is 12.8 Å². The van der Waals surface area contributed by atoms with E-state index in [-0.39, 0.29) is 16.8 Å². The van der Waals surface area contributed by atoms with Crippen LogP contribution in [0.5, 0.6) is 5.75 Å². The van der Waals surface area contributed by atoms with Gasteiger partial charge in [-0.15, -0.1) is 0 Å². The molecule has 1 aromatic carbocycles. The fourth-order valence-electron chi connectivity index (χ4n) is 2.60. The van der Waals surface area contributed by atoms with Crippen molar-refractivity contribution < 1.29 is 13.5 Å². The largest absolute Gasteiger partial charge is 0.508 e. The van der Waals surface area contributed by atoms with Crippen molar-refractivity contribution in [2.75, 3.05) is 17.6 Å². The van der Waals surface area contributed by atoms with E-state index in [0.29, 0.717) is 18.8 Å². The molecule has 2 heterocycles. The number of phenolic OH excluding ortho intramolecular Hbond substituents is 1. The first-order chi connectivity index (χ1) is 9.56. The summed E-state index contributed by atoms with van der Waals surface area (Å²) >= 11 is 0. The summed E-state index contributed by atoms with van der Waals surface area (Å²) in [6.45, 7) is 0.365. The van der Waals surface area contributed by atoms with Crippen LogP contribution in [0, 0.1) is 0 Å². The molecule has 20 heavy (non-hydrogen) atoms. The molecule has 0 bridgehead atoms. The second kappa shape index (κ2) is 4.94. The first-order valence-corrected chi connectivity index (χ1v) is 8.31. The van der Waals surface area contributed by atoms with Gasteiger partial charge in [0.1, 0.15) is 11.6 Å². The van der Waals surface area contributed by atoms with E-state index < -0.39 is 9.84 Å². The van der Waals surface area contributed by atoms with Gasteiger partial charge < -0.3 is 10.4 Å². The van der Waals surface area contributed by atoms with E-state index in [4.69, 9.17) is 0 Å². The fraction of sp³-hybridized carbons (Fsp3) is 0.357. The number of aromatic nitrogens is 1. The Kier molecular flexibility index (Phi) is 3.25. The van der Waals surface area contributed by atoms with Gasteiger partial charge in [0, 0.05) is 18.1 Å². The number of aromatic hydroxyl groups is 1. The molecule has 106 valence electrons. The van der Waals surface area contributed by atoms with Gasteiger partial charge in [-0.05, 0) is 36.4 Å². The number of pyridine rings is 1. The molecule has 6 heteroatoms. The summed E-state index contributed by atoms with van der Waals surface area (Å²) in [6.07, 6.45) is 3.11. The first kappa shape index (κ1) is 13.2. The maximum Gasteiger partial charge on any atom is 0.154 e. The Hall–Kier alpha value is -1.82. The molecule has 3 rings (SSSR count). The zero-order valence-corrected chi connectivity index (χ0v) is 11.7. The lowest BCUT2D eigenvalue weighted by molar-refractivity contribution is 0.476. The average Bonchev–Trinajstić information content (AvgIpc) is 2.75. The van der Waals surface area contributed by atoms with Crippen molar-refractivity contribution in [2.45, 2.75) is 18.1 Å². The van der Waals surface area contributed by atoms with Crippen molar-refractivity contribution in [3.8, 4) is 5.75 Å². The predicted octanol–water partition coefficient (Wildman–Crippen LogP) is 1.93. The van der Waals surface area contributed by atoms with E-state index in [1.807, 2.05) is 12.1 Å². The highest BCUT2D eigenvalue weighted by atomic mass is 32.2. The van der Waals surface area contributed by atoms with Crippen LogP contribution in [0.25, 0.3) is 10.8 Å². The van der Waals surface area contributed by atoms with Gasteiger partial charge in [0.25, 0.3) is 0 Å². The maximum absolute atomic E-state index is 11.8. The third-order valence-corrected chi connectivity index (χ3v) is 5.99. The van der Waals surface area contributed by atoms with E-state index in [2.05, 4.69) is 10.3 Å². The topological polar surface area (TPSA) is 79.3 Å². The molecule has 0 saturated carbocycles. The zero-order valence-electron chi connectivity index (χ0n) is 10.9. The van der Waals surface area contributed by atoms with Gasteiger partial charge in [-0.2, -0.15) is 0 Å². The summed E-state index contributed by atoms with van der Waals surface area (Å²) in [5.74, 6) is 1.06. The molecule has 1 saturated heterocycles. The number of nitrogens with zero attached hydrogens (tertiary/aromatic N) is 1. The number of sulfone groups is 1. The van der Waals surface area contributed by atoms with E-state index in [0.717, 1.165) is 17.2 Å². The summed E-state index contributed by atoms with van der Waals surface area (Å²) in [6, 6.07) is 6.91. The second-order valence-corrected chi connectivity index (χ2v) is 7.48. The Morgan fingerprint density at radius 1 is 1.35 bits per heavy atom. The SMILES string of the molecule is O=S1(=O)CCCC1CNc1nccc2ccc(O)cc12. The Bertz CT molecular complexity index is 743. The summed E-state index contributed by atoms with van der Waals surface area (Å²) in [7, 11) is -2.96. The Balaban J connectivity index is 1.86. The molecule has 2 N–H and O–H groups in total. The van der Waals surface area contributed by atoms with Gasteiger partial charge in [0.2, 0.25) is 0 Å². The van der Waals surface area contributed by atoms with E-state index in [9.17, 15) is 13.5 Å². The molecule has 1 aliphatic heterocycles. The number of fused-ring (bicyclic) bond motifs is 1. The average molecular weight is 292 g/mol. The lowest BCUT2D eigenvalue weighted by atomic mass is 10.1. The number of anilines is 1. The molecule has 1 fully saturated rings. The van der Waals surface area contributed by atoms with Gasteiger partial charge in [0.05, 0.1) is 11.0 Å². The Labute approximate surface area is 117 Å². The van der Waals surface area contributed by atoms with Crippen molar-refractivity contribution in [2.24, 2.45) is 0 Å². The van der Waals surface area contributed by atoms with Gasteiger partial charge >= 0.3 is 0 Å². The molecule has 1 atom stereocenters. The summed E-state index contributed by atoms with van der Waals surface area (Å²) in [5.41, 5.74) is 0. The first-order valence-electron chi connectivity index (χ1n) is 6.59. The number of hydrogen-bond acceptors (Lipinski definition) is 5. The molecular weight excluding hydrogens is 276 g/mol. The monoisotopic (exact) mass is 292 g/mol. The summed E-state index contributed by atoms with van der Waals surface area (Å²) in [4.78, 5) is 4.24. The van der Waals surface area contributed by atoms with Gasteiger partial charge in [-0.3, -0.25) is 0 Å². The minimum absolute atomic E-state index is 0.169. The molecule has 1 unspecified atom stereocenters. The Morgan fingerprint density at radius 3 is 2.95 bits per heavy atom. The van der Waals surface area contributed by atoms with Gasteiger partial charge in [-0.25, -0.2) is 13.4 Å². The quantitative estimate of drug-likeness (QED) is 0.903. The molecule has 5 nitrogen and oxygen atoms in total. The smallest absolute Gasteiger partial charge is 0.154 e. The molecular formula is C14H16N2O3S. The third kappa shape index (κ3) is 2.43. The zero-order chi connectivity index (χ0) is 14.2. The number of phenols is 1. The highest BCUT2D eigenvalue weighted by Gasteiger charge is 2.30. The van der Waals surface area contributed by atoms with Crippen molar-refractivity contribution >= 4 is 26.4 Å². The highest BCUT2D eigenvalue weighted by molar-refractivity contribution is 7.92. The van der Waals surface area contributed by atoms with Crippen LogP contribution in [0.3, 0.4) is 0 Å². The molecule has 0 aliphatic carbocycles. The molecule has 1 aromatic heterocycles. The highest BCUT2D eigenvalue weighted by Crippen LogP contribution is 2.26. The fourth-order valence-corrected chi connectivity index (χ4v) is 4.36. The summed E-state index contributed by atoms with van der Waals surface area (Å²) in [5, 5.41) is 14.1. The minimum atomic E-state index is -2.96. The van der Waals surface area contributed by atoms with Crippen molar-refractivity contribution in [1.29, 1.82) is 0 Å². The van der Waals surface area contributed by atoms with Crippen LogP contribution in [0.2, 0.25) is 0 Å². The predicted molar refractivity (Wildman–Crippen MR) is 78.7 cm³/mol. The van der Waals surface area contributed by atoms with E-state index >= 15 is 0 Å². The number of benzene rings is 1. The molecule has 0 radical (unpaired) electrons. The van der Waals surface area contributed by atoms with Crippen molar-refractivity contribution in [1.82, 2.24) is 4.98 Å². The van der Waals surface area contributed by atoms with Crippen molar-refractivity contribution in [3.63, 3.8) is 0 Å². The lowest BCUT2D eigenvalue weighted by Crippen LogP contribution is -2.25. The normalized spacial score (nSPS) is 21.1. The van der Waals surface area contributed by atoms with Crippen LogP contribution in [0.4, 0.5) is 5.82 Å². The van der Waals surface area contributed by atoms with Gasteiger partial charge in [-0.1, -0.05) is 6.07 Å². The molecule has 0 amide bonds. The number of nitrogens with one attached hydrogen (secondary N) is 1. The van der Waals surface area contributed by atoms with Crippen LogP contribution in [0.15, 0.2) is 30.5 Å². The van der Waals surface area contributed by atoms with Crippen LogP contribution >= 0.6 is 0 Å². The Morgan fingerprint density at radius 2 is 2.20 bits per heavy atom. The van der Waals surface area contributed by atoms with Crippen LogP contribution in [-0.4, -0.2) is 36.1 Å². The molecule has 2 aromatic rings. The third-order valence-electron chi connectivity index (χ3n) is 3.71. The minimum Gasteiger partial charge on any atom is -0.508 e. The van der Waals surface area contributed by atoms with Crippen LogP contribution in [-0.2, 0) is 9.84 Å². The number of rotatable bonds is 3. The standard InChI is InChI=1S/C14H16N2O3S/c17-11-4-3-10-5-6-15-14(13(10)8-11)16-9-12-2-1-7-20(12,18)19/h3-6,8,12,17H,1-2,7,9H2,(H,15,16). The molecule has 1 aliphatic rings.